The van der Waals surface area contributed by atoms with Crippen LogP contribution in [0.4, 0.5) is 0 Å². The lowest BCUT2D eigenvalue weighted by atomic mass is 9.41. The molecule has 0 saturated heterocycles. The molecule has 0 aliphatic heterocycles. The largest absolute Gasteiger partial charge is 0.481 e. The van der Waals surface area contributed by atoms with Crippen LogP contribution in [-0.4, -0.2) is 50.9 Å². The minimum Gasteiger partial charge on any atom is -0.481 e. The monoisotopic (exact) mass is 558 g/mol. The van der Waals surface area contributed by atoms with E-state index in [1.807, 2.05) is 0 Å². The molecule has 1 heterocycles. The summed E-state index contributed by atoms with van der Waals surface area (Å²) >= 11 is 0. The first-order valence-electron chi connectivity index (χ1n) is 14.6. The van der Waals surface area contributed by atoms with E-state index < -0.39 is 51.1 Å². The Morgan fingerprint density at radius 2 is 1.77 bits per heavy atom. The van der Waals surface area contributed by atoms with Crippen molar-refractivity contribution in [2.24, 2.45) is 28.1 Å². The number of carbonyl (C=O) groups excluding carboxylic acids is 2. The zero-order chi connectivity index (χ0) is 29.1. The van der Waals surface area contributed by atoms with Crippen molar-refractivity contribution in [1.82, 2.24) is 0 Å². The van der Waals surface area contributed by atoms with Crippen LogP contribution in [0.5, 0.6) is 0 Å². The first kappa shape index (κ1) is 29.0. The maximum absolute atomic E-state index is 12.9. The predicted molar refractivity (Wildman–Crippen MR) is 143 cm³/mol. The van der Waals surface area contributed by atoms with Gasteiger partial charge in [-0.3, -0.25) is 9.59 Å². The number of carbonyl (C=O) groups is 3. The molecule has 0 spiro atoms. The highest BCUT2D eigenvalue weighted by atomic mass is 16.5. The van der Waals surface area contributed by atoms with Gasteiger partial charge in [0.05, 0.1) is 35.7 Å². The first-order valence-corrected chi connectivity index (χ1v) is 14.6. The van der Waals surface area contributed by atoms with Gasteiger partial charge < -0.3 is 29.3 Å². The van der Waals surface area contributed by atoms with Crippen molar-refractivity contribution in [3.05, 3.63) is 34.4 Å². The van der Waals surface area contributed by atoms with Crippen molar-refractivity contribution in [1.29, 1.82) is 0 Å². The third kappa shape index (κ3) is 4.44. The van der Waals surface area contributed by atoms with Crippen LogP contribution in [0.3, 0.4) is 0 Å². The minimum atomic E-state index is -1.35. The molecule has 1 aromatic rings. The van der Waals surface area contributed by atoms with Gasteiger partial charge in [-0.1, -0.05) is 20.8 Å². The Morgan fingerprint density at radius 3 is 2.42 bits per heavy atom. The number of ether oxygens (including phenoxy) is 1. The molecule has 4 aliphatic rings. The number of aliphatic hydroxyl groups is 2. The van der Waals surface area contributed by atoms with Gasteiger partial charge >= 0.3 is 17.6 Å². The van der Waals surface area contributed by atoms with Gasteiger partial charge in [-0.05, 0) is 86.2 Å². The summed E-state index contributed by atoms with van der Waals surface area (Å²) in [6.45, 7) is 5.53. The summed E-state index contributed by atoms with van der Waals surface area (Å²) in [6, 6.07) is 3.21. The van der Waals surface area contributed by atoms with E-state index in [-0.39, 0.29) is 37.0 Å². The van der Waals surface area contributed by atoms with Gasteiger partial charge in [-0.15, -0.1) is 0 Å². The Hall–Kier alpha value is -2.52. The molecule has 9 heteroatoms. The number of aliphatic carboxylic acids is 1. The van der Waals surface area contributed by atoms with Crippen molar-refractivity contribution in [2.75, 3.05) is 0 Å². The third-order valence-electron chi connectivity index (χ3n) is 11.4. The van der Waals surface area contributed by atoms with E-state index in [0.29, 0.717) is 44.9 Å². The second-order valence-electron chi connectivity index (χ2n) is 14.1. The summed E-state index contributed by atoms with van der Waals surface area (Å²) < 4.78 is 10.9. The van der Waals surface area contributed by atoms with Crippen LogP contribution in [-0.2, 0) is 19.1 Å². The van der Waals surface area contributed by atoms with E-state index in [1.54, 1.807) is 19.9 Å². The van der Waals surface area contributed by atoms with Crippen LogP contribution < -0.4 is 5.63 Å². The Balaban J connectivity index is 1.34. The fourth-order valence-corrected chi connectivity index (χ4v) is 9.43. The Bertz CT molecular complexity index is 1220. The highest BCUT2D eigenvalue weighted by Gasteiger charge is 2.71. The van der Waals surface area contributed by atoms with Gasteiger partial charge in [0.25, 0.3) is 0 Å². The molecule has 1 aromatic heterocycles. The molecular formula is C31H42O9. The number of carboxylic acids is 1. The third-order valence-corrected chi connectivity index (χ3v) is 11.4. The predicted octanol–water partition coefficient (Wildman–Crippen LogP) is 3.98. The fourth-order valence-electron chi connectivity index (χ4n) is 9.43. The number of rotatable bonds is 7. The van der Waals surface area contributed by atoms with Crippen molar-refractivity contribution in [3.63, 3.8) is 0 Å². The van der Waals surface area contributed by atoms with Crippen LogP contribution in [0.2, 0.25) is 0 Å². The molecule has 40 heavy (non-hydrogen) atoms. The fraction of sp³-hybridized carbons (Fsp3) is 0.742. The summed E-state index contributed by atoms with van der Waals surface area (Å²) in [4.78, 5) is 48.3. The molecule has 0 radical (unpaired) electrons. The highest BCUT2D eigenvalue weighted by molar-refractivity contribution is 5.73. The molecule has 8 atom stereocenters. The SMILES string of the molecule is CC(C)(CC(=O)O)CC(=O)OC1CCC2(C=O)C3CCC4(C)C(c5ccc(=O)oc5)CCC4(O)C3CCC2(O)C1. The van der Waals surface area contributed by atoms with Crippen molar-refractivity contribution < 1.29 is 38.9 Å². The Labute approximate surface area is 234 Å². The molecule has 0 bridgehead atoms. The molecule has 9 nitrogen and oxygen atoms in total. The lowest BCUT2D eigenvalue weighted by molar-refractivity contribution is -0.248. The van der Waals surface area contributed by atoms with E-state index in [9.17, 15) is 29.4 Å². The quantitative estimate of drug-likeness (QED) is 0.333. The van der Waals surface area contributed by atoms with E-state index in [4.69, 9.17) is 14.3 Å². The molecule has 220 valence electrons. The number of carboxylic acid groups (broad SMARTS) is 1. The number of aldehydes is 1. The standard InChI is InChI=1S/C31H42O9/c1-27(2,15-24(33)34)16-26(36)40-20-6-11-29(18-32)22-7-10-28(3)21(19-4-5-25(35)39-17-19)9-13-31(28,38)23(22)8-12-30(29,37)14-20/h4-5,17-18,20-23,37-38H,6-16H2,1-3H3,(H,33,34). The second-order valence-corrected chi connectivity index (χ2v) is 14.1. The van der Waals surface area contributed by atoms with Crippen LogP contribution in [0.15, 0.2) is 27.6 Å². The molecular weight excluding hydrogens is 516 g/mol. The van der Waals surface area contributed by atoms with Crippen molar-refractivity contribution in [2.45, 2.75) is 115 Å². The number of esters is 1. The van der Waals surface area contributed by atoms with Gasteiger partial charge in [-0.25, -0.2) is 4.79 Å². The lowest BCUT2D eigenvalue weighted by Crippen LogP contribution is -2.68. The number of fused-ring (bicyclic) bond motifs is 5. The van der Waals surface area contributed by atoms with Gasteiger partial charge in [0.15, 0.2) is 0 Å². The van der Waals surface area contributed by atoms with E-state index in [2.05, 4.69) is 6.92 Å². The van der Waals surface area contributed by atoms with Gasteiger partial charge in [0.2, 0.25) is 0 Å². The summed E-state index contributed by atoms with van der Waals surface area (Å²) in [5.41, 5.74) is -4.11. The van der Waals surface area contributed by atoms with E-state index in [0.717, 1.165) is 18.3 Å². The summed E-state index contributed by atoms with van der Waals surface area (Å²) in [5.74, 6) is -1.81. The second kappa shape index (κ2) is 9.79. The maximum atomic E-state index is 12.9. The van der Waals surface area contributed by atoms with Crippen molar-refractivity contribution in [3.8, 4) is 0 Å². The smallest absolute Gasteiger partial charge is 0.335 e. The van der Waals surface area contributed by atoms with Crippen LogP contribution in [0.25, 0.3) is 0 Å². The van der Waals surface area contributed by atoms with Crippen LogP contribution >= 0.6 is 0 Å². The molecule has 4 aliphatic carbocycles. The number of hydrogen-bond donors (Lipinski definition) is 3. The molecule has 0 aromatic carbocycles. The van der Waals surface area contributed by atoms with Crippen LogP contribution in [0.1, 0.15) is 103 Å². The van der Waals surface area contributed by atoms with Crippen molar-refractivity contribution >= 4 is 18.2 Å². The maximum Gasteiger partial charge on any atom is 0.335 e. The van der Waals surface area contributed by atoms with Gasteiger partial charge in [0, 0.05) is 17.9 Å². The van der Waals surface area contributed by atoms with E-state index >= 15 is 0 Å². The molecule has 3 N–H and O–H groups in total. The molecule has 0 amide bonds. The summed E-state index contributed by atoms with van der Waals surface area (Å²) in [6.07, 6.45) is 6.20. The number of hydrogen-bond acceptors (Lipinski definition) is 8. The normalized spacial score (nSPS) is 40.8. The average Bonchev–Trinajstić information content (AvgIpc) is 3.13. The van der Waals surface area contributed by atoms with Gasteiger partial charge in [0.1, 0.15) is 12.4 Å². The summed E-state index contributed by atoms with van der Waals surface area (Å²) in [7, 11) is 0. The molecule has 5 rings (SSSR count). The van der Waals surface area contributed by atoms with E-state index in [1.165, 1.54) is 12.3 Å². The minimum absolute atomic E-state index is 0.0244. The van der Waals surface area contributed by atoms with Gasteiger partial charge in [-0.2, -0.15) is 0 Å². The van der Waals surface area contributed by atoms with Crippen LogP contribution in [0, 0.1) is 28.1 Å². The molecule has 4 fully saturated rings. The highest BCUT2D eigenvalue weighted by Crippen LogP contribution is 2.71. The topological polar surface area (TPSA) is 151 Å². The summed E-state index contributed by atoms with van der Waals surface area (Å²) in [5, 5.41) is 33.5. The average molecular weight is 559 g/mol. The Kier molecular flexibility index (Phi) is 7.10. The zero-order valence-corrected chi connectivity index (χ0v) is 23.7. The molecule has 4 saturated carbocycles. The zero-order valence-electron chi connectivity index (χ0n) is 23.7. The molecule has 8 unspecified atom stereocenters. The lowest BCUT2D eigenvalue weighted by Gasteiger charge is -2.65. The first-order chi connectivity index (χ1) is 18.7. The Morgan fingerprint density at radius 1 is 1.05 bits per heavy atom.